The molecule has 0 aromatic carbocycles. The maximum absolute atomic E-state index is 11.1. The largest absolute Gasteiger partial charge is 0.392 e. The molecule has 2 N–H and O–H groups in total. The van der Waals surface area contributed by atoms with E-state index in [0.29, 0.717) is 19.6 Å². The number of piperazine rings is 1. The molecule has 0 aliphatic carbocycles. The zero-order valence-corrected chi connectivity index (χ0v) is 6.71. The summed E-state index contributed by atoms with van der Waals surface area (Å²) >= 11 is 0. The number of nitrogens with one attached hydrogen (secondary N) is 1. The molecule has 64 valence electrons. The van der Waals surface area contributed by atoms with Crippen LogP contribution in [0.2, 0.25) is 0 Å². The minimum Gasteiger partial charge on any atom is -0.392 e. The maximum Gasteiger partial charge on any atom is 0.236 e. The minimum absolute atomic E-state index is 0.0807. The Kier molecular flexibility index (Phi) is 2.84. The van der Waals surface area contributed by atoms with Gasteiger partial charge in [0.1, 0.15) is 0 Å². The molecule has 0 aromatic rings. The van der Waals surface area contributed by atoms with Gasteiger partial charge in [0.25, 0.3) is 0 Å². The molecule has 1 aliphatic rings. The molecule has 0 unspecified atom stereocenters. The molecular weight excluding hydrogens is 144 g/mol. The zero-order chi connectivity index (χ0) is 8.27. The molecule has 0 saturated carbocycles. The lowest BCUT2D eigenvalue weighted by atomic mass is 10.3. The molecule has 0 spiro atoms. The molecule has 4 nitrogen and oxygen atoms in total. The lowest BCUT2D eigenvalue weighted by Gasteiger charge is -2.28. The average molecular weight is 158 g/mol. The maximum atomic E-state index is 11.1. The summed E-state index contributed by atoms with van der Waals surface area (Å²) in [4.78, 5) is 12.8. The molecule has 11 heavy (non-hydrogen) atoms. The van der Waals surface area contributed by atoms with Crippen LogP contribution in [0.15, 0.2) is 0 Å². The van der Waals surface area contributed by atoms with Crippen LogP contribution in [0.4, 0.5) is 0 Å². The van der Waals surface area contributed by atoms with Crippen molar-refractivity contribution in [1.29, 1.82) is 0 Å². The van der Waals surface area contributed by atoms with E-state index >= 15 is 0 Å². The quantitative estimate of drug-likeness (QED) is 0.530. The number of carbonyl (C=O) groups excluding carboxylic acids is 1. The van der Waals surface area contributed by atoms with Gasteiger partial charge in [0.05, 0.1) is 12.6 Å². The van der Waals surface area contributed by atoms with Gasteiger partial charge in [-0.3, -0.25) is 4.79 Å². The number of aliphatic hydroxyl groups excluding tert-OH is 1. The van der Waals surface area contributed by atoms with Gasteiger partial charge in [-0.05, 0) is 6.92 Å². The molecule has 1 saturated heterocycles. The highest BCUT2D eigenvalue weighted by Gasteiger charge is 2.18. The van der Waals surface area contributed by atoms with Gasteiger partial charge in [0.15, 0.2) is 0 Å². The SMILES string of the molecule is C[C@@H](O)CN1CCNCC1=O. The summed E-state index contributed by atoms with van der Waals surface area (Å²) in [5, 5.41) is 12.0. The highest BCUT2D eigenvalue weighted by molar-refractivity contribution is 5.78. The van der Waals surface area contributed by atoms with Crippen LogP contribution in [0.5, 0.6) is 0 Å². The molecule has 1 atom stereocenters. The first kappa shape index (κ1) is 8.49. The molecule has 1 aliphatic heterocycles. The van der Waals surface area contributed by atoms with Gasteiger partial charge in [-0.2, -0.15) is 0 Å². The smallest absolute Gasteiger partial charge is 0.236 e. The zero-order valence-electron chi connectivity index (χ0n) is 6.71. The minimum atomic E-state index is -0.419. The fourth-order valence-electron chi connectivity index (χ4n) is 1.16. The van der Waals surface area contributed by atoms with Gasteiger partial charge in [-0.15, -0.1) is 0 Å². The van der Waals surface area contributed by atoms with Crippen molar-refractivity contribution < 1.29 is 9.90 Å². The van der Waals surface area contributed by atoms with E-state index in [2.05, 4.69) is 5.32 Å². The second-order valence-corrected chi connectivity index (χ2v) is 2.87. The Morgan fingerprint density at radius 2 is 2.55 bits per heavy atom. The molecule has 1 heterocycles. The summed E-state index contributed by atoms with van der Waals surface area (Å²) in [5.74, 6) is 0.0807. The number of hydrogen-bond acceptors (Lipinski definition) is 3. The number of nitrogens with zero attached hydrogens (tertiary/aromatic N) is 1. The fraction of sp³-hybridized carbons (Fsp3) is 0.857. The van der Waals surface area contributed by atoms with Crippen LogP contribution >= 0.6 is 0 Å². The van der Waals surface area contributed by atoms with Crippen molar-refractivity contribution >= 4 is 5.91 Å². The van der Waals surface area contributed by atoms with E-state index in [-0.39, 0.29) is 5.91 Å². The van der Waals surface area contributed by atoms with Crippen molar-refractivity contribution in [2.45, 2.75) is 13.0 Å². The van der Waals surface area contributed by atoms with Gasteiger partial charge >= 0.3 is 0 Å². The predicted molar refractivity (Wildman–Crippen MR) is 41.1 cm³/mol. The van der Waals surface area contributed by atoms with Gasteiger partial charge in [0.2, 0.25) is 5.91 Å². The van der Waals surface area contributed by atoms with Crippen molar-refractivity contribution in [2.75, 3.05) is 26.2 Å². The molecule has 0 aromatic heterocycles. The third-order valence-electron chi connectivity index (χ3n) is 1.67. The van der Waals surface area contributed by atoms with Crippen molar-refractivity contribution in [1.82, 2.24) is 10.2 Å². The Hall–Kier alpha value is -0.610. The first-order valence-corrected chi connectivity index (χ1v) is 3.86. The molecule has 4 heteroatoms. The lowest BCUT2D eigenvalue weighted by Crippen LogP contribution is -2.50. The Morgan fingerprint density at radius 1 is 1.82 bits per heavy atom. The second kappa shape index (κ2) is 3.69. The second-order valence-electron chi connectivity index (χ2n) is 2.87. The van der Waals surface area contributed by atoms with Gasteiger partial charge in [-0.25, -0.2) is 0 Å². The van der Waals surface area contributed by atoms with E-state index in [1.54, 1.807) is 11.8 Å². The lowest BCUT2D eigenvalue weighted by molar-refractivity contribution is -0.133. The predicted octanol–water partition coefficient (Wildman–Crippen LogP) is -1.20. The van der Waals surface area contributed by atoms with Crippen molar-refractivity contribution in [3.63, 3.8) is 0 Å². The van der Waals surface area contributed by atoms with Crippen LogP contribution in [-0.2, 0) is 4.79 Å². The van der Waals surface area contributed by atoms with Crippen LogP contribution in [0.25, 0.3) is 0 Å². The summed E-state index contributed by atoms with van der Waals surface area (Å²) in [7, 11) is 0. The van der Waals surface area contributed by atoms with Gasteiger partial charge in [0, 0.05) is 19.6 Å². The van der Waals surface area contributed by atoms with Crippen LogP contribution in [0.3, 0.4) is 0 Å². The van der Waals surface area contributed by atoms with Crippen LogP contribution in [0, 0.1) is 0 Å². The van der Waals surface area contributed by atoms with Gasteiger partial charge in [-0.1, -0.05) is 0 Å². The average Bonchev–Trinajstić information content (AvgIpc) is 1.93. The van der Waals surface area contributed by atoms with E-state index in [1.165, 1.54) is 0 Å². The Labute approximate surface area is 66.2 Å². The molecular formula is C7H14N2O2. The molecule has 1 amide bonds. The molecule has 1 rings (SSSR count). The highest BCUT2D eigenvalue weighted by atomic mass is 16.3. The Balaban J connectivity index is 2.36. The Morgan fingerprint density at radius 3 is 3.09 bits per heavy atom. The monoisotopic (exact) mass is 158 g/mol. The summed E-state index contributed by atoms with van der Waals surface area (Å²) < 4.78 is 0. The van der Waals surface area contributed by atoms with E-state index < -0.39 is 6.10 Å². The first-order chi connectivity index (χ1) is 5.20. The summed E-state index contributed by atoms with van der Waals surface area (Å²) in [6.45, 7) is 4.10. The van der Waals surface area contributed by atoms with Crippen molar-refractivity contribution in [3.8, 4) is 0 Å². The van der Waals surface area contributed by atoms with Crippen molar-refractivity contribution in [3.05, 3.63) is 0 Å². The number of β-amino-alcohol motifs (C(OH)–C–C–N with tert-alkyl or cyclic N) is 1. The fourth-order valence-corrected chi connectivity index (χ4v) is 1.16. The topological polar surface area (TPSA) is 52.6 Å². The Bertz CT molecular complexity index is 147. The number of amides is 1. The van der Waals surface area contributed by atoms with Crippen LogP contribution in [-0.4, -0.2) is 48.2 Å². The van der Waals surface area contributed by atoms with Crippen molar-refractivity contribution in [2.24, 2.45) is 0 Å². The molecule has 1 fully saturated rings. The van der Waals surface area contributed by atoms with E-state index in [0.717, 1.165) is 6.54 Å². The van der Waals surface area contributed by atoms with E-state index in [1.807, 2.05) is 0 Å². The highest BCUT2D eigenvalue weighted by Crippen LogP contribution is 1.95. The number of carbonyl (C=O) groups is 1. The summed E-state index contributed by atoms with van der Waals surface area (Å²) in [6.07, 6.45) is -0.419. The first-order valence-electron chi connectivity index (χ1n) is 3.86. The van der Waals surface area contributed by atoms with Gasteiger partial charge < -0.3 is 15.3 Å². The molecule has 0 radical (unpaired) electrons. The summed E-state index contributed by atoms with van der Waals surface area (Å²) in [5.41, 5.74) is 0. The standard InChI is InChI=1S/C7H14N2O2/c1-6(10)5-9-3-2-8-4-7(9)11/h6,8,10H,2-5H2,1H3/t6-/m1/s1. The third kappa shape index (κ3) is 2.48. The van der Waals surface area contributed by atoms with Crippen LogP contribution < -0.4 is 5.32 Å². The van der Waals surface area contributed by atoms with Crippen LogP contribution in [0.1, 0.15) is 6.92 Å². The number of hydrogen-bond donors (Lipinski definition) is 2. The normalized spacial score (nSPS) is 22.0. The van der Waals surface area contributed by atoms with E-state index in [4.69, 9.17) is 5.11 Å². The number of rotatable bonds is 2. The van der Waals surface area contributed by atoms with E-state index in [9.17, 15) is 4.79 Å². The third-order valence-corrected chi connectivity index (χ3v) is 1.67. The summed E-state index contributed by atoms with van der Waals surface area (Å²) in [6, 6.07) is 0. The number of aliphatic hydroxyl groups is 1. The molecule has 0 bridgehead atoms.